The number of hydrogen-bond donors (Lipinski definition) is 1. The summed E-state index contributed by atoms with van der Waals surface area (Å²) in [5, 5.41) is 11.1. The van der Waals surface area contributed by atoms with Crippen LogP contribution in [-0.4, -0.2) is 10.2 Å². The van der Waals surface area contributed by atoms with Crippen molar-refractivity contribution in [2.45, 2.75) is 5.88 Å². The average molecular weight is 323 g/mol. The highest BCUT2D eigenvalue weighted by molar-refractivity contribution is 9.10. The molecule has 1 aromatic heterocycles. The van der Waals surface area contributed by atoms with E-state index in [0.717, 1.165) is 10.2 Å². The Kier molecular flexibility index (Phi) is 3.68. The van der Waals surface area contributed by atoms with Crippen molar-refractivity contribution >= 4 is 50.8 Å². The van der Waals surface area contributed by atoms with Gasteiger partial charge in [-0.3, -0.25) is 0 Å². The Bertz CT molecular complexity index is 503. The molecule has 0 atom stereocenters. The molecule has 0 unspecified atom stereocenters. The van der Waals surface area contributed by atoms with Gasteiger partial charge in [0.15, 0.2) is 0 Å². The minimum atomic E-state index is 0.193. The molecule has 0 saturated carbocycles. The highest BCUT2D eigenvalue weighted by Gasteiger charge is 2.05. The molecule has 0 aliphatic rings. The first kappa shape index (κ1) is 11.7. The van der Waals surface area contributed by atoms with Crippen molar-refractivity contribution in [1.82, 2.24) is 10.2 Å². The standard InChI is InChI=1S/C9H6BrCl2N3O/c10-6-3-5(1-2-7(6)12)13-9-15-14-8(4-11)16-9/h1-3H,4H2,(H,13,15). The third kappa shape index (κ3) is 2.66. The van der Waals surface area contributed by atoms with Gasteiger partial charge in [-0.25, -0.2) is 0 Å². The molecule has 16 heavy (non-hydrogen) atoms. The van der Waals surface area contributed by atoms with Gasteiger partial charge >= 0.3 is 6.01 Å². The second kappa shape index (κ2) is 5.03. The maximum atomic E-state index is 5.87. The van der Waals surface area contributed by atoms with Gasteiger partial charge in [-0.2, -0.15) is 0 Å². The van der Waals surface area contributed by atoms with Crippen molar-refractivity contribution in [3.63, 3.8) is 0 Å². The number of nitrogens with one attached hydrogen (secondary N) is 1. The fourth-order valence-corrected chi connectivity index (χ4v) is 1.66. The third-order valence-corrected chi connectivity index (χ3v) is 3.19. The minimum absolute atomic E-state index is 0.193. The molecule has 2 rings (SSSR count). The van der Waals surface area contributed by atoms with Gasteiger partial charge in [0.2, 0.25) is 5.89 Å². The number of rotatable bonds is 3. The van der Waals surface area contributed by atoms with Crippen LogP contribution in [0.25, 0.3) is 0 Å². The fraction of sp³-hybridized carbons (Fsp3) is 0.111. The first-order valence-corrected chi connectivity index (χ1v) is 6.00. The molecular weight excluding hydrogens is 317 g/mol. The molecule has 0 radical (unpaired) electrons. The molecule has 84 valence electrons. The summed E-state index contributed by atoms with van der Waals surface area (Å²) >= 11 is 14.7. The lowest BCUT2D eigenvalue weighted by Crippen LogP contribution is -1.90. The van der Waals surface area contributed by atoms with Crippen LogP contribution in [0.4, 0.5) is 11.7 Å². The summed E-state index contributed by atoms with van der Waals surface area (Å²) in [6.45, 7) is 0. The van der Waals surface area contributed by atoms with Crippen LogP contribution in [0.3, 0.4) is 0 Å². The molecule has 1 aromatic carbocycles. The molecule has 7 heteroatoms. The molecule has 0 amide bonds. The van der Waals surface area contributed by atoms with E-state index in [1.165, 1.54) is 0 Å². The zero-order valence-electron chi connectivity index (χ0n) is 7.88. The van der Waals surface area contributed by atoms with Gasteiger partial charge in [-0.05, 0) is 34.1 Å². The number of aromatic nitrogens is 2. The van der Waals surface area contributed by atoms with Crippen LogP contribution in [0.15, 0.2) is 27.1 Å². The van der Waals surface area contributed by atoms with E-state index in [-0.39, 0.29) is 5.88 Å². The van der Waals surface area contributed by atoms with Crippen molar-refractivity contribution in [2.24, 2.45) is 0 Å². The van der Waals surface area contributed by atoms with Crippen LogP contribution >= 0.6 is 39.1 Å². The fourth-order valence-electron chi connectivity index (χ4n) is 1.06. The Hall–Kier alpha value is -0.780. The quantitative estimate of drug-likeness (QED) is 0.869. The van der Waals surface area contributed by atoms with Crippen molar-refractivity contribution in [3.8, 4) is 0 Å². The smallest absolute Gasteiger partial charge is 0.320 e. The number of alkyl halides is 1. The highest BCUT2D eigenvalue weighted by Crippen LogP contribution is 2.27. The van der Waals surface area contributed by atoms with E-state index in [0.29, 0.717) is 16.9 Å². The Balaban J connectivity index is 2.17. The number of nitrogens with zero attached hydrogens (tertiary/aromatic N) is 2. The summed E-state index contributed by atoms with van der Waals surface area (Å²) in [5.41, 5.74) is 0.793. The molecule has 0 bridgehead atoms. The summed E-state index contributed by atoms with van der Waals surface area (Å²) in [6, 6.07) is 5.67. The molecule has 4 nitrogen and oxygen atoms in total. The Morgan fingerprint density at radius 2 is 2.19 bits per heavy atom. The number of anilines is 2. The normalized spacial score (nSPS) is 10.4. The first-order valence-electron chi connectivity index (χ1n) is 4.29. The molecule has 0 aliphatic carbocycles. The second-order valence-corrected chi connectivity index (χ2v) is 4.42. The Morgan fingerprint density at radius 1 is 1.38 bits per heavy atom. The van der Waals surface area contributed by atoms with Crippen LogP contribution < -0.4 is 5.32 Å². The zero-order chi connectivity index (χ0) is 11.5. The summed E-state index contributed by atoms with van der Waals surface area (Å²) < 4.78 is 5.98. The predicted octanol–water partition coefficient (Wildman–Crippen LogP) is 3.97. The first-order chi connectivity index (χ1) is 7.69. The van der Waals surface area contributed by atoms with Crippen molar-refractivity contribution in [3.05, 3.63) is 33.6 Å². The van der Waals surface area contributed by atoms with Crippen LogP contribution in [-0.2, 0) is 5.88 Å². The number of halogens is 3. The lowest BCUT2D eigenvalue weighted by atomic mass is 10.3. The van der Waals surface area contributed by atoms with Crippen LogP contribution in [0.1, 0.15) is 5.89 Å². The SMILES string of the molecule is ClCc1nnc(Nc2ccc(Cl)c(Br)c2)o1. The van der Waals surface area contributed by atoms with Crippen LogP contribution in [0, 0.1) is 0 Å². The Labute approximate surface area is 110 Å². The zero-order valence-corrected chi connectivity index (χ0v) is 11.0. The van der Waals surface area contributed by atoms with E-state index in [1.54, 1.807) is 12.1 Å². The van der Waals surface area contributed by atoms with E-state index in [2.05, 4.69) is 31.4 Å². The number of benzene rings is 1. The molecule has 0 saturated heterocycles. The van der Waals surface area contributed by atoms with Gasteiger partial charge in [-0.1, -0.05) is 16.7 Å². The molecule has 0 fully saturated rings. The second-order valence-electron chi connectivity index (χ2n) is 2.89. The van der Waals surface area contributed by atoms with E-state index in [4.69, 9.17) is 27.6 Å². The summed E-state index contributed by atoms with van der Waals surface area (Å²) in [6.07, 6.45) is 0. The van der Waals surface area contributed by atoms with Gasteiger partial charge < -0.3 is 9.73 Å². The van der Waals surface area contributed by atoms with Gasteiger partial charge in [0.1, 0.15) is 5.88 Å². The predicted molar refractivity (Wildman–Crippen MR) is 66.3 cm³/mol. The maximum absolute atomic E-state index is 5.87. The molecule has 0 aliphatic heterocycles. The van der Waals surface area contributed by atoms with Crippen LogP contribution in [0.2, 0.25) is 5.02 Å². The van der Waals surface area contributed by atoms with E-state index in [1.807, 2.05) is 6.07 Å². The van der Waals surface area contributed by atoms with Gasteiger partial charge in [-0.15, -0.1) is 16.7 Å². The van der Waals surface area contributed by atoms with Gasteiger partial charge in [0.25, 0.3) is 0 Å². The summed E-state index contributed by atoms with van der Waals surface area (Å²) in [5.74, 6) is 0.566. The van der Waals surface area contributed by atoms with Crippen molar-refractivity contribution in [1.29, 1.82) is 0 Å². The molecule has 0 spiro atoms. The average Bonchev–Trinajstić information content (AvgIpc) is 2.71. The lowest BCUT2D eigenvalue weighted by molar-refractivity contribution is 0.530. The largest absolute Gasteiger partial charge is 0.407 e. The summed E-state index contributed by atoms with van der Waals surface area (Å²) in [7, 11) is 0. The number of hydrogen-bond acceptors (Lipinski definition) is 4. The monoisotopic (exact) mass is 321 g/mol. The van der Waals surface area contributed by atoms with E-state index < -0.39 is 0 Å². The van der Waals surface area contributed by atoms with E-state index >= 15 is 0 Å². The lowest BCUT2D eigenvalue weighted by Gasteiger charge is -2.02. The summed E-state index contributed by atoms with van der Waals surface area (Å²) in [4.78, 5) is 0. The topological polar surface area (TPSA) is 51.0 Å². The van der Waals surface area contributed by atoms with Gasteiger partial charge in [0.05, 0.1) is 5.02 Å². The molecular formula is C9H6BrCl2N3O. The van der Waals surface area contributed by atoms with Crippen molar-refractivity contribution in [2.75, 3.05) is 5.32 Å². The molecule has 2 aromatic rings. The molecule has 1 heterocycles. The van der Waals surface area contributed by atoms with Crippen LogP contribution in [0.5, 0.6) is 0 Å². The Morgan fingerprint density at radius 3 is 2.81 bits per heavy atom. The maximum Gasteiger partial charge on any atom is 0.320 e. The van der Waals surface area contributed by atoms with Gasteiger partial charge in [0, 0.05) is 10.2 Å². The third-order valence-electron chi connectivity index (χ3n) is 1.75. The van der Waals surface area contributed by atoms with E-state index in [9.17, 15) is 0 Å². The minimum Gasteiger partial charge on any atom is -0.407 e. The van der Waals surface area contributed by atoms with Crippen molar-refractivity contribution < 1.29 is 4.42 Å². The highest BCUT2D eigenvalue weighted by atomic mass is 79.9. The molecule has 1 N–H and O–H groups in total.